The molecule has 3 N–H and O–H groups in total. The molecular weight excluding hydrogens is 254 g/mol. The van der Waals surface area contributed by atoms with Gasteiger partial charge < -0.3 is 20.7 Å². The number of hydrogen-bond acceptors (Lipinski definition) is 4. The van der Waals surface area contributed by atoms with Gasteiger partial charge in [0.2, 0.25) is 0 Å². The van der Waals surface area contributed by atoms with E-state index in [-0.39, 0.29) is 11.4 Å². The van der Waals surface area contributed by atoms with Gasteiger partial charge in [-0.25, -0.2) is 0 Å². The minimum atomic E-state index is -0.603. The SMILES string of the molecule is CC(Oc1cc(N(C)C)ccc1N)C(=O)NC(C)(C)C. The van der Waals surface area contributed by atoms with Crippen LogP contribution in [0, 0.1) is 0 Å². The van der Waals surface area contributed by atoms with Crippen LogP contribution in [-0.4, -0.2) is 31.6 Å². The van der Waals surface area contributed by atoms with E-state index in [0.717, 1.165) is 5.69 Å². The molecule has 0 aliphatic rings. The highest BCUT2D eigenvalue weighted by molar-refractivity contribution is 5.81. The van der Waals surface area contributed by atoms with E-state index >= 15 is 0 Å². The average Bonchev–Trinajstić information content (AvgIpc) is 2.29. The van der Waals surface area contributed by atoms with Crippen molar-refractivity contribution in [3.63, 3.8) is 0 Å². The van der Waals surface area contributed by atoms with Gasteiger partial charge in [0, 0.05) is 31.4 Å². The molecule has 1 unspecified atom stereocenters. The van der Waals surface area contributed by atoms with E-state index in [4.69, 9.17) is 10.5 Å². The van der Waals surface area contributed by atoms with E-state index in [1.807, 2.05) is 51.9 Å². The standard InChI is InChI=1S/C15H25N3O2/c1-10(14(19)17-15(2,3)4)20-13-9-11(18(5)6)7-8-12(13)16/h7-10H,16H2,1-6H3,(H,17,19). The lowest BCUT2D eigenvalue weighted by molar-refractivity contribution is -0.128. The number of benzene rings is 1. The topological polar surface area (TPSA) is 67.6 Å². The van der Waals surface area contributed by atoms with E-state index in [1.54, 1.807) is 13.0 Å². The Hall–Kier alpha value is -1.91. The predicted octanol–water partition coefficient (Wildman–Crippen LogP) is 2.02. The number of ether oxygens (including phenoxy) is 1. The van der Waals surface area contributed by atoms with Gasteiger partial charge in [-0.2, -0.15) is 0 Å². The first kappa shape index (κ1) is 16.1. The van der Waals surface area contributed by atoms with Gasteiger partial charge >= 0.3 is 0 Å². The van der Waals surface area contributed by atoms with Crippen molar-refractivity contribution in [1.82, 2.24) is 5.32 Å². The molecule has 0 aliphatic carbocycles. The minimum absolute atomic E-state index is 0.160. The summed E-state index contributed by atoms with van der Waals surface area (Å²) < 4.78 is 5.68. The third-order valence-electron chi connectivity index (χ3n) is 2.68. The lowest BCUT2D eigenvalue weighted by atomic mass is 10.1. The Morgan fingerprint density at radius 1 is 1.35 bits per heavy atom. The summed E-state index contributed by atoms with van der Waals surface area (Å²) in [4.78, 5) is 14.0. The largest absolute Gasteiger partial charge is 0.479 e. The molecule has 0 fully saturated rings. The van der Waals surface area contributed by atoms with E-state index in [9.17, 15) is 4.79 Å². The van der Waals surface area contributed by atoms with Crippen molar-refractivity contribution in [3.05, 3.63) is 18.2 Å². The maximum Gasteiger partial charge on any atom is 0.261 e. The second kappa shape index (κ2) is 6.03. The van der Waals surface area contributed by atoms with Crippen LogP contribution >= 0.6 is 0 Å². The zero-order valence-corrected chi connectivity index (χ0v) is 13.2. The van der Waals surface area contributed by atoms with Crippen molar-refractivity contribution in [2.24, 2.45) is 0 Å². The van der Waals surface area contributed by atoms with Gasteiger partial charge in [0.05, 0.1) is 5.69 Å². The Morgan fingerprint density at radius 2 is 1.95 bits per heavy atom. The smallest absolute Gasteiger partial charge is 0.261 e. The van der Waals surface area contributed by atoms with Crippen LogP contribution in [-0.2, 0) is 4.79 Å². The molecule has 0 aliphatic heterocycles. The third-order valence-corrected chi connectivity index (χ3v) is 2.68. The Kier molecular flexibility index (Phi) is 4.87. The first-order chi connectivity index (χ1) is 9.10. The molecule has 0 saturated carbocycles. The molecule has 0 radical (unpaired) electrons. The van der Waals surface area contributed by atoms with Crippen LogP contribution in [0.25, 0.3) is 0 Å². The molecule has 5 nitrogen and oxygen atoms in total. The number of hydrogen-bond donors (Lipinski definition) is 2. The number of nitrogens with zero attached hydrogens (tertiary/aromatic N) is 1. The van der Waals surface area contributed by atoms with Crippen molar-refractivity contribution in [2.45, 2.75) is 39.3 Å². The number of nitrogen functional groups attached to an aromatic ring is 1. The van der Waals surface area contributed by atoms with Gasteiger partial charge in [0.25, 0.3) is 5.91 Å². The molecule has 1 amide bonds. The zero-order chi connectivity index (χ0) is 15.5. The highest BCUT2D eigenvalue weighted by Gasteiger charge is 2.21. The lowest BCUT2D eigenvalue weighted by Gasteiger charge is -2.24. The average molecular weight is 279 g/mol. The van der Waals surface area contributed by atoms with Crippen LogP contribution in [0.4, 0.5) is 11.4 Å². The zero-order valence-electron chi connectivity index (χ0n) is 13.2. The minimum Gasteiger partial charge on any atom is -0.479 e. The Balaban J connectivity index is 2.82. The van der Waals surface area contributed by atoms with E-state index in [1.165, 1.54) is 0 Å². The summed E-state index contributed by atoms with van der Waals surface area (Å²) in [5.41, 5.74) is 7.09. The van der Waals surface area contributed by atoms with Crippen LogP contribution < -0.4 is 20.7 Å². The first-order valence-corrected chi connectivity index (χ1v) is 6.65. The quantitative estimate of drug-likeness (QED) is 0.827. The fourth-order valence-electron chi connectivity index (χ4n) is 1.62. The fourth-order valence-corrected chi connectivity index (χ4v) is 1.62. The molecule has 0 aromatic heterocycles. The molecule has 1 rings (SSSR count). The van der Waals surface area contributed by atoms with E-state index in [0.29, 0.717) is 11.4 Å². The molecule has 0 bridgehead atoms. The van der Waals surface area contributed by atoms with Crippen LogP contribution in [0.3, 0.4) is 0 Å². The van der Waals surface area contributed by atoms with Gasteiger partial charge in [-0.3, -0.25) is 4.79 Å². The molecule has 1 atom stereocenters. The number of nitrogens with two attached hydrogens (primary N) is 1. The van der Waals surface area contributed by atoms with Crippen molar-refractivity contribution < 1.29 is 9.53 Å². The Bertz CT molecular complexity index is 478. The maximum absolute atomic E-state index is 12.0. The number of nitrogens with one attached hydrogen (secondary N) is 1. The summed E-state index contributed by atoms with van der Waals surface area (Å²) in [7, 11) is 3.87. The summed E-state index contributed by atoms with van der Waals surface area (Å²) in [6, 6.07) is 5.51. The number of rotatable bonds is 4. The van der Waals surface area contributed by atoms with Gasteiger partial charge in [0.15, 0.2) is 6.10 Å². The predicted molar refractivity (Wildman–Crippen MR) is 83.2 cm³/mol. The summed E-state index contributed by atoms with van der Waals surface area (Å²) in [6.45, 7) is 7.50. The molecule has 20 heavy (non-hydrogen) atoms. The second-order valence-corrected chi connectivity index (χ2v) is 6.12. The van der Waals surface area contributed by atoms with E-state index < -0.39 is 6.10 Å². The molecule has 0 heterocycles. The summed E-state index contributed by atoms with van der Waals surface area (Å²) >= 11 is 0. The number of amides is 1. The monoisotopic (exact) mass is 279 g/mol. The molecule has 5 heteroatoms. The Morgan fingerprint density at radius 3 is 2.45 bits per heavy atom. The normalized spacial score (nSPS) is 12.7. The third kappa shape index (κ3) is 4.64. The van der Waals surface area contributed by atoms with Crippen molar-refractivity contribution in [3.8, 4) is 5.75 Å². The van der Waals surface area contributed by atoms with Crippen LogP contribution in [0.2, 0.25) is 0 Å². The number of carbonyl (C=O) groups is 1. The number of anilines is 2. The van der Waals surface area contributed by atoms with Crippen LogP contribution in [0.15, 0.2) is 18.2 Å². The van der Waals surface area contributed by atoms with E-state index in [2.05, 4.69) is 5.32 Å². The Labute approximate surface area is 121 Å². The second-order valence-electron chi connectivity index (χ2n) is 6.12. The summed E-state index contributed by atoms with van der Waals surface area (Å²) in [6.07, 6.45) is -0.603. The first-order valence-electron chi connectivity index (χ1n) is 6.65. The molecule has 1 aromatic rings. The van der Waals surface area contributed by atoms with Crippen LogP contribution in [0.5, 0.6) is 5.75 Å². The summed E-state index contributed by atoms with van der Waals surface area (Å²) in [5, 5.41) is 2.88. The fraction of sp³-hybridized carbons (Fsp3) is 0.533. The molecule has 112 valence electrons. The number of carbonyl (C=O) groups excluding carboxylic acids is 1. The van der Waals surface area contributed by atoms with Gasteiger partial charge in [-0.05, 0) is 39.8 Å². The highest BCUT2D eigenvalue weighted by atomic mass is 16.5. The molecule has 0 spiro atoms. The molecular formula is C15H25N3O2. The highest BCUT2D eigenvalue weighted by Crippen LogP contribution is 2.27. The van der Waals surface area contributed by atoms with Crippen molar-refractivity contribution in [1.29, 1.82) is 0 Å². The van der Waals surface area contributed by atoms with Gasteiger partial charge in [0.1, 0.15) is 5.75 Å². The molecule has 0 saturated heterocycles. The van der Waals surface area contributed by atoms with Gasteiger partial charge in [-0.1, -0.05) is 0 Å². The van der Waals surface area contributed by atoms with Crippen molar-refractivity contribution in [2.75, 3.05) is 24.7 Å². The maximum atomic E-state index is 12.0. The van der Waals surface area contributed by atoms with Crippen molar-refractivity contribution >= 4 is 17.3 Å². The summed E-state index contributed by atoms with van der Waals surface area (Å²) in [5.74, 6) is 0.361. The lowest BCUT2D eigenvalue weighted by Crippen LogP contribution is -2.46. The van der Waals surface area contributed by atoms with Gasteiger partial charge in [-0.15, -0.1) is 0 Å². The van der Waals surface area contributed by atoms with Crippen LogP contribution in [0.1, 0.15) is 27.7 Å². The molecule has 1 aromatic carbocycles.